The van der Waals surface area contributed by atoms with Crippen molar-refractivity contribution in [3.8, 4) is 16.9 Å². The van der Waals surface area contributed by atoms with Gasteiger partial charge in [-0.2, -0.15) is 28.1 Å². The molecule has 0 bridgehead atoms. The molecule has 5 rings (SSSR count). The Morgan fingerprint density at radius 2 is 1.44 bits per heavy atom. The van der Waals surface area contributed by atoms with Crippen LogP contribution in [0.3, 0.4) is 0 Å². The lowest BCUT2D eigenvalue weighted by Gasteiger charge is -2.25. The van der Waals surface area contributed by atoms with Crippen molar-refractivity contribution >= 4 is 41.2 Å². The summed E-state index contributed by atoms with van der Waals surface area (Å²) in [6.07, 6.45) is -5.10. The molecule has 4 N–H and O–H groups in total. The summed E-state index contributed by atoms with van der Waals surface area (Å²) >= 11 is 0. The number of rotatable bonds is 12. The van der Waals surface area contributed by atoms with Crippen LogP contribution in [0.2, 0.25) is 0 Å². The third kappa shape index (κ3) is 8.54. The first-order valence-corrected chi connectivity index (χ1v) is 14.6. The molecule has 48 heavy (non-hydrogen) atoms. The summed E-state index contributed by atoms with van der Waals surface area (Å²) in [5, 5.41) is 17.8. The molecule has 0 saturated heterocycles. The number of nitrogens with zero attached hydrogens (tertiary/aromatic N) is 4. The van der Waals surface area contributed by atoms with Gasteiger partial charge in [0.1, 0.15) is 5.75 Å². The third-order valence-corrected chi connectivity index (χ3v) is 7.02. The average molecular weight is 658 g/mol. The Morgan fingerprint density at radius 1 is 0.792 bits per heavy atom. The molecule has 0 aliphatic heterocycles. The summed E-state index contributed by atoms with van der Waals surface area (Å²) in [5.74, 6) is -1.26. The standard InChI is InChI=1S/C34H30F3N7O4/c1-48-28-18-10-9-17-27(28)39-33(47)43-31-40-30(38-26-16-8-6-14-24(26)22-11-3-2-4-12-22)41-32(42-31)44(20-19-29(45)46)21-23-13-5-7-15-25(23)34(35,36)37/h2-18H,19-21H2,1H3,(H,45,46)(H3,38,39,40,41,42,43,47). The molecule has 0 aliphatic carbocycles. The molecule has 0 spiro atoms. The van der Waals surface area contributed by atoms with Crippen LogP contribution in [0.4, 0.5) is 47.2 Å². The monoisotopic (exact) mass is 657 g/mol. The van der Waals surface area contributed by atoms with E-state index in [-0.39, 0.29) is 36.5 Å². The van der Waals surface area contributed by atoms with Gasteiger partial charge in [-0.05, 0) is 35.4 Å². The summed E-state index contributed by atoms with van der Waals surface area (Å²) in [4.78, 5) is 39.1. The highest BCUT2D eigenvalue weighted by Crippen LogP contribution is 2.34. The molecular formula is C34H30F3N7O4. The number of methoxy groups -OCH3 is 1. The summed E-state index contributed by atoms with van der Waals surface area (Å²) in [5.41, 5.74) is 1.62. The number of carbonyl (C=O) groups is 2. The van der Waals surface area contributed by atoms with Gasteiger partial charge in [-0.25, -0.2) is 4.79 Å². The molecule has 2 amide bonds. The summed E-state index contributed by atoms with van der Waals surface area (Å²) in [7, 11) is 1.45. The van der Waals surface area contributed by atoms with Crippen molar-refractivity contribution in [2.24, 2.45) is 0 Å². The number of aliphatic carboxylic acids is 1. The van der Waals surface area contributed by atoms with Crippen LogP contribution in [0, 0.1) is 0 Å². The highest BCUT2D eigenvalue weighted by Gasteiger charge is 2.33. The normalized spacial score (nSPS) is 11.0. The number of hydrogen-bond acceptors (Lipinski definition) is 8. The van der Waals surface area contributed by atoms with Gasteiger partial charge >= 0.3 is 18.2 Å². The van der Waals surface area contributed by atoms with Gasteiger partial charge in [0.25, 0.3) is 0 Å². The Kier molecular flexibility index (Phi) is 10.3. The lowest BCUT2D eigenvalue weighted by molar-refractivity contribution is -0.138. The Labute approximate surface area is 273 Å². The van der Waals surface area contributed by atoms with E-state index in [0.29, 0.717) is 17.1 Å². The van der Waals surface area contributed by atoms with E-state index in [1.807, 2.05) is 42.5 Å². The van der Waals surface area contributed by atoms with Crippen molar-refractivity contribution in [3.05, 3.63) is 114 Å². The van der Waals surface area contributed by atoms with E-state index >= 15 is 0 Å². The van der Waals surface area contributed by atoms with Gasteiger partial charge in [-0.3, -0.25) is 10.1 Å². The zero-order chi connectivity index (χ0) is 34.1. The zero-order valence-electron chi connectivity index (χ0n) is 25.5. The Morgan fingerprint density at radius 3 is 2.17 bits per heavy atom. The lowest BCUT2D eigenvalue weighted by Crippen LogP contribution is -2.30. The topological polar surface area (TPSA) is 142 Å². The maximum absolute atomic E-state index is 13.9. The highest BCUT2D eigenvalue weighted by molar-refractivity contribution is 5.99. The maximum atomic E-state index is 13.9. The Bertz CT molecular complexity index is 1890. The van der Waals surface area contributed by atoms with Crippen LogP contribution < -0.4 is 25.6 Å². The van der Waals surface area contributed by atoms with Crippen LogP contribution in [-0.4, -0.2) is 45.7 Å². The van der Waals surface area contributed by atoms with Crippen molar-refractivity contribution in [2.75, 3.05) is 34.5 Å². The van der Waals surface area contributed by atoms with Gasteiger partial charge in [0.15, 0.2) is 0 Å². The average Bonchev–Trinajstić information content (AvgIpc) is 3.07. The van der Waals surface area contributed by atoms with Crippen molar-refractivity contribution < 1.29 is 32.6 Å². The van der Waals surface area contributed by atoms with Crippen molar-refractivity contribution in [2.45, 2.75) is 19.1 Å². The van der Waals surface area contributed by atoms with Crippen LogP contribution in [0.1, 0.15) is 17.5 Å². The van der Waals surface area contributed by atoms with E-state index in [9.17, 15) is 27.9 Å². The van der Waals surface area contributed by atoms with Crippen LogP contribution in [-0.2, 0) is 17.5 Å². The number of carbonyl (C=O) groups excluding carboxylic acids is 1. The predicted molar refractivity (Wildman–Crippen MR) is 175 cm³/mol. The number of carboxylic acid groups (broad SMARTS) is 1. The second-order valence-corrected chi connectivity index (χ2v) is 10.3. The van der Waals surface area contributed by atoms with Crippen LogP contribution in [0.25, 0.3) is 11.1 Å². The fourth-order valence-corrected chi connectivity index (χ4v) is 4.82. The SMILES string of the molecule is COc1ccccc1NC(=O)Nc1nc(Nc2ccccc2-c2ccccc2)nc(N(CCC(=O)O)Cc2ccccc2C(F)(F)F)n1. The molecule has 0 radical (unpaired) electrons. The van der Waals surface area contributed by atoms with Gasteiger partial charge in [0.05, 0.1) is 24.8 Å². The third-order valence-electron chi connectivity index (χ3n) is 7.02. The summed E-state index contributed by atoms with van der Waals surface area (Å²) < 4.78 is 47.0. The second kappa shape index (κ2) is 14.9. The molecule has 1 heterocycles. The first-order valence-electron chi connectivity index (χ1n) is 14.6. The molecule has 11 nitrogen and oxygen atoms in total. The fourth-order valence-electron chi connectivity index (χ4n) is 4.82. The van der Waals surface area contributed by atoms with Gasteiger partial charge in [-0.1, -0.05) is 78.9 Å². The number of ether oxygens (including phenoxy) is 1. The number of halogens is 3. The molecule has 0 saturated carbocycles. The number of benzene rings is 4. The van der Waals surface area contributed by atoms with Gasteiger partial charge in [0, 0.05) is 24.3 Å². The van der Waals surface area contributed by atoms with E-state index in [1.165, 1.54) is 30.2 Å². The summed E-state index contributed by atoms with van der Waals surface area (Å²) in [6, 6.07) is 27.7. The fraction of sp³-hybridized carbons (Fsp3) is 0.147. The number of nitrogens with one attached hydrogen (secondary N) is 3. The number of aromatic nitrogens is 3. The van der Waals surface area contributed by atoms with E-state index in [4.69, 9.17) is 4.74 Å². The highest BCUT2D eigenvalue weighted by atomic mass is 19.4. The molecule has 246 valence electrons. The van der Waals surface area contributed by atoms with E-state index in [1.54, 1.807) is 36.4 Å². The van der Waals surface area contributed by atoms with E-state index in [0.717, 1.165) is 17.2 Å². The van der Waals surface area contributed by atoms with Gasteiger partial charge in [-0.15, -0.1) is 0 Å². The Hall–Kier alpha value is -6.18. The number of alkyl halides is 3. The maximum Gasteiger partial charge on any atom is 0.416 e. The minimum absolute atomic E-state index is 0.0552. The van der Waals surface area contributed by atoms with Gasteiger partial charge in [0.2, 0.25) is 17.8 Å². The Balaban J connectivity index is 1.55. The molecule has 0 atom stereocenters. The molecule has 4 aromatic carbocycles. The molecule has 0 fully saturated rings. The predicted octanol–water partition coefficient (Wildman–Crippen LogP) is 7.43. The number of amides is 2. The number of para-hydroxylation sites is 3. The zero-order valence-corrected chi connectivity index (χ0v) is 25.5. The molecule has 5 aromatic rings. The van der Waals surface area contributed by atoms with Gasteiger partial charge < -0.3 is 25.4 Å². The van der Waals surface area contributed by atoms with E-state index < -0.39 is 30.2 Å². The van der Waals surface area contributed by atoms with Crippen LogP contribution >= 0.6 is 0 Å². The van der Waals surface area contributed by atoms with Crippen molar-refractivity contribution in [1.82, 2.24) is 15.0 Å². The van der Waals surface area contributed by atoms with Crippen LogP contribution in [0.5, 0.6) is 5.75 Å². The lowest BCUT2D eigenvalue weighted by atomic mass is 10.0. The molecular weight excluding hydrogens is 627 g/mol. The first kappa shape index (κ1) is 33.2. The smallest absolute Gasteiger partial charge is 0.416 e. The molecule has 0 unspecified atom stereocenters. The summed E-state index contributed by atoms with van der Waals surface area (Å²) in [6.45, 7) is -0.641. The molecule has 1 aromatic heterocycles. The number of carboxylic acids is 1. The molecule has 0 aliphatic rings. The number of hydrogen-bond donors (Lipinski definition) is 4. The largest absolute Gasteiger partial charge is 0.495 e. The first-order chi connectivity index (χ1) is 23.1. The quantitative estimate of drug-likeness (QED) is 0.108. The van der Waals surface area contributed by atoms with E-state index in [2.05, 4.69) is 30.9 Å². The van der Waals surface area contributed by atoms with Crippen molar-refractivity contribution in [1.29, 1.82) is 0 Å². The van der Waals surface area contributed by atoms with Crippen LogP contribution in [0.15, 0.2) is 103 Å². The second-order valence-electron chi connectivity index (χ2n) is 10.3. The molecule has 14 heteroatoms. The number of urea groups is 1. The van der Waals surface area contributed by atoms with Crippen molar-refractivity contribution in [3.63, 3.8) is 0 Å². The number of anilines is 5. The minimum atomic E-state index is -4.66. The minimum Gasteiger partial charge on any atom is -0.495 e.